The topological polar surface area (TPSA) is 104 Å². The van der Waals surface area contributed by atoms with Gasteiger partial charge in [0.1, 0.15) is 47.1 Å². The number of nitriles is 1. The molecule has 0 radical (unpaired) electrons. The second-order valence-electron chi connectivity index (χ2n) is 9.25. The van der Waals surface area contributed by atoms with Crippen molar-refractivity contribution in [2.45, 2.75) is 19.4 Å². The van der Waals surface area contributed by atoms with E-state index in [9.17, 15) is 14.4 Å². The van der Waals surface area contributed by atoms with Crippen LogP contribution in [0.3, 0.4) is 0 Å². The Morgan fingerprint density at radius 3 is 2.56 bits per heavy atom. The first-order valence-corrected chi connectivity index (χ1v) is 13.0. The lowest BCUT2D eigenvalue weighted by atomic mass is 9.83. The van der Waals surface area contributed by atoms with E-state index in [4.69, 9.17) is 36.3 Å². The van der Waals surface area contributed by atoms with Crippen LogP contribution in [-0.2, 0) is 11.4 Å². The second-order valence-corrected chi connectivity index (χ2v) is 9.66. The van der Waals surface area contributed by atoms with Gasteiger partial charge in [0.2, 0.25) is 5.88 Å². The van der Waals surface area contributed by atoms with Gasteiger partial charge in [0, 0.05) is 22.2 Å². The number of rotatable bonds is 8. The molecular formula is C32H24ClFN2O5. The maximum absolute atomic E-state index is 14.0. The number of hydrogen-bond acceptors (Lipinski definition) is 7. The molecule has 2 N–H and O–H groups in total. The molecule has 9 heteroatoms. The summed E-state index contributed by atoms with van der Waals surface area (Å²) in [4.78, 5) is 12.4. The van der Waals surface area contributed by atoms with Crippen molar-refractivity contribution < 1.29 is 28.1 Å². The Kier molecular flexibility index (Phi) is 8.09. The summed E-state index contributed by atoms with van der Waals surface area (Å²) in [6.07, 6.45) is 0. The third kappa shape index (κ3) is 6.26. The summed E-state index contributed by atoms with van der Waals surface area (Å²) >= 11 is 6.03. The SMILES string of the molecule is Cc1cc(OCC(=O)Oc2ccc3c(c2)OC(N)=C(C#N)C3c2cccc(OCc3ccccc3F)c2)ccc1Cl. The fourth-order valence-corrected chi connectivity index (χ4v) is 4.53. The second kappa shape index (κ2) is 12.0. The molecule has 1 atom stereocenters. The number of hydrogen-bond donors (Lipinski definition) is 1. The van der Waals surface area contributed by atoms with Crippen LogP contribution in [0.4, 0.5) is 4.39 Å². The van der Waals surface area contributed by atoms with Crippen LogP contribution in [-0.4, -0.2) is 12.6 Å². The minimum atomic E-state index is -0.620. The summed E-state index contributed by atoms with van der Waals surface area (Å²) < 4.78 is 36.6. The van der Waals surface area contributed by atoms with Gasteiger partial charge >= 0.3 is 5.97 Å². The maximum atomic E-state index is 14.0. The zero-order valence-corrected chi connectivity index (χ0v) is 22.7. The Labute approximate surface area is 241 Å². The van der Waals surface area contributed by atoms with E-state index < -0.39 is 11.9 Å². The highest BCUT2D eigenvalue weighted by Gasteiger charge is 2.31. The summed E-state index contributed by atoms with van der Waals surface area (Å²) in [7, 11) is 0. The molecule has 4 aromatic carbocycles. The zero-order valence-electron chi connectivity index (χ0n) is 21.9. The van der Waals surface area contributed by atoms with Crippen molar-refractivity contribution in [2.75, 3.05) is 6.61 Å². The molecule has 0 aromatic heterocycles. The van der Waals surface area contributed by atoms with Crippen LogP contribution in [0.15, 0.2) is 96.4 Å². The van der Waals surface area contributed by atoms with Crippen LogP contribution in [0.5, 0.6) is 23.0 Å². The number of benzene rings is 4. The van der Waals surface area contributed by atoms with E-state index in [-0.39, 0.29) is 36.2 Å². The molecule has 0 saturated heterocycles. The number of ether oxygens (including phenoxy) is 4. The number of allylic oxidation sites excluding steroid dienone is 1. The van der Waals surface area contributed by atoms with E-state index in [0.29, 0.717) is 33.4 Å². The number of carbonyl (C=O) groups excluding carboxylic acids is 1. The molecular weight excluding hydrogens is 547 g/mol. The average molecular weight is 571 g/mol. The zero-order chi connectivity index (χ0) is 28.9. The molecule has 7 nitrogen and oxygen atoms in total. The molecule has 0 amide bonds. The highest BCUT2D eigenvalue weighted by molar-refractivity contribution is 6.31. The maximum Gasteiger partial charge on any atom is 0.349 e. The van der Waals surface area contributed by atoms with Gasteiger partial charge in [0.15, 0.2) is 6.61 Å². The minimum absolute atomic E-state index is 0.0413. The van der Waals surface area contributed by atoms with Gasteiger partial charge < -0.3 is 24.7 Å². The lowest BCUT2D eigenvalue weighted by molar-refractivity contribution is -0.136. The first kappa shape index (κ1) is 27.6. The van der Waals surface area contributed by atoms with Crippen LogP contribution in [0.2, 0.25) is 5.02 Å². The molecule has 1 aliphatic heterocycles. The molecule has 1 heterocycles. The monoisotopic (exact) mass is 570 g/mol. The van der Waals surface area contributed by atoms with Crippen molar-refractivity contribution in [3.63, 3.8) is 0 Å². The van der Waals surface area contributed by atoms with E-state index in [1.165, 1.54) is 12.1 Å². The summed E-state index contributed by atoms with van der Waals surface area (Å²) in [6, 6.07) is 25.6. The molecule has 0 aliphatic carbocycles. The Morgan fingerprint density at radius 2 is 1.78 bits per heavy atom. The molecule has 0 saturated carbocycles. The van der Waals surface area contributed by atoms with Gasteiger partial charge in [0.25, 0.3) is 0 Å². The van der Waals surface area contributed by atoms with E-state index in [2.05, 4.69) is 6.07 Å². The van der Waals surface area contributed by atoms with Crippen LogP contribution < -0.4 is 24.7 Å². The molecule has 0 spiro atoms. The van der Waals surface area contributed by atoms with Crippen molar-refractivity contribution in [3.05, 3.63) is 129 Å². The summed E-state index contributed by atoms with van der Waals surface area (Å²) in [5, 5.41) is 10.5. The third-order valence-electron chi connectivity index (χ3n) is 6.45. The standard InChI is InChI=1S/C32H24ClFN2O5/c1-19-13-23(10-12-27(19)33)39-18-30(37)40-24-9-11-25-29(15-24)41-32(36)26(16-35)31(25)20-6-4-7-22(14-20)38-17-21-5-2-3-8-28(21)34/h2-15,31H,17-18,36H2,1H3. The molecule has 1 aliphatic rings. The van der Waals surface area contributed by atoms with Gasteiger partial charge in [-0.05, 0) is 60.5 Å². The average Bonchev–Trinajstić information content (AvgIpc) is 2.96. The smallest absolute Gasteiger partial charge is 0.349 e. The Hall–Kier alpha value is -5.00. The predicted molar refractivity (Wildman–Crippen MR) is 150 cm³/mol. The Balaban J connectivity index is 1.33. The third-order valence-corrected chi connectivity index (χ3v) is 6.88. The molecule has 4 aromatic rings. The van der Waals surface area contributed by atoms with Gasteiger partial charge in [-0.15, -0.1) is 0 Å². The minimum Gasteiger partial charge on any atom is -0.489 e. The van der Waals surface area contributed by atoms with Crippen molar-refractivity contribution >= 4 is 17.6 Å². The van der Waals surface area contributed by atoms with E-state index in [0.717, 1.165) is 11.1 Å². The van der Waals surface area contributed by atoms with Crippen molar-refractivity contribution in [1.82, 2.24) is 0 Å². The highest BCUT2D eigenvalue weighted by atomic mass is 35.5. The highest BCUT2D eigenvalue weighted by Crippen LogP contribution is 2.44. The molecule has 206 valence electrons. The first-order chi connectivity index (χ1) is 19.8. The van der Waals surface area contributed by atoms with Crippen LogP contribution >= 0.6 is 11.6 Å². The lowest BCUT2D eigenvalue weighted by Gasteiger charge is -2.27. The van der Waals surface area contributed by atoms with Crippen molar-refractivity contribution in [1.29, 1.82) is 5.26 Å². The fourth-order valence-electron chi connectivity index (χ4n) is 4.41. The molecule has 41 heavy (non-hydrogen) atoms. The van der Waals surface area contributed by atoms with Crippen LogP contribution in [0.25, 0.3) is 0 Å². The number of halogens is 2. The quantitative estimate of drug-likeness (QED) is 0.189. The number of nitrogens with two attached hydrogens (primary N) is 1. The van der Waals surface area contributed by atoms with Crippen molar-refractivity contribution in [3.8, 4) is 29.1 Å². The number of esters is 1. The first-order valence-electron chi connectivity index (χ1n) is 12.6. The van der Waals surface area contributed by atoms with Crippen LogP contribution in [0.1, 0.15) is 28.2 Å². The molecule has 5 rings (SSSR count). The van der Waals surface area contributed by atoms with Crippen molar-refractivity contribution in [2.24, 2.45) is 5.73 Å². The van der Waals surface area contributed by atoms with E-state index >= 15 is 0 Å². The van der Waals surface area contributed by atoms with Crippen LogP contribution in [0, 0.1) is 24.1 Å². The van der Waals surface area contributed by atoms with Gasteiger partial charge in [-0.2, -0.15) is 5.26 Å². The number of fused-ring (bicyclic) bond motifs is 1. The fraction of sp³-hybridized carbons (Fsp3) is 0.125. The van der Waals surface area contributed by atoms with Gasteiger partial charge in [-0.1, -0.05) is 48.0 Å². The van der Waals surface area contributed by atoms with Gasteiger partial charge in [0.05, 0.1) is 5.92 Å². The molecule has 0 fully saturated rings. The number of aryl methyl sites for hydroxylation is 1. The van der Waals surface area contributed by atoms with Gasteiger partial charge in [-0.25, -0.2) is 9.18 Å². The largest absolute Gasteiger partial charge is 0.489 e. The lowest BCUT2D eigenvalue weighted by Crippen LogP contribution is -2.21. The number of carbonyl (C=O) groups is 1. The molecule has 0 bridgehead atoms. The normalized spacial score (nSPS) is 14.0. The predicted octanol–water partition coefficient (Wildman–Crippen LogP) is 6.57. The van der Waals surface area contributed by atoms with E-state index in [1.54, 1.807) is 66.7 Å². The Morgan fingerprint density at radius 1 is 1.00 bits per heavy atom. The molecule has 1 unspecified atom stereocenters. The summed E-state index contributed by atoms with van der Waals surface area (Å²) in [5.74, 6) is -0.0612. The van der Waals surface area contributed by atoms with E-state index in [1.807, 2.05) is 13.0 Å². The summed E-state index contributed by atoms with van der Waals surface area (Å²) in [6.45, 7) is 1.56. The Bertz CT molecular complexity index is 1700. The van der Waals surface area contributed by atoms with Gasteiger partial charge in [-0.3, -0.25) is 0 Å². The summed E-state index contributed by atoms with van der Waals surface area (Å²) in [5.41, 5.74) is 8.97. The number of nitrogens with zero attached hydrogens (tertiary/aromatic N) is 1.